The van der Waals surface area contributed by atoms with Gasteiger partial charge in [-0.05, 0) is 29.8 Å². The monoisotopic (exact) mass is 423 g/mol. The second-order valence-corrected chi connectivity index (χ2v) is 8.01. The maximum atomic E-state index is 12.6. The van der Waals surface area contributed by atoms with Crippen LogP contribution in [0.2, 0.25) is 0 Å². The summed E-state index contributed by atoms with van der Waals surface area (Å²) in [6, 6.07) is 9.18. The first kappa shape index (κ1) is 22.4. The van der Waals surface area contributed by atoms with Crippen LogP contribution in [0.4, 0.5) is 11.4 Å². The van der Waals surface area contributed by atoms with Crippen LogP contribution in [0.15, 0.2) is 41.3 Å². The third kappa shape index (κ3) is 4.96. The van der Waals surface area contributed by atoms with Crippen molar-refractivity contribution in [2.45, 2.75) is 25.3 Å². The third-order valence-corrected chi connectivity index (χ3v) is 6.49. The van der Waals surface area contributed by atoms with Crippen molar-refractivity contribution in [1.82, 2.24) is 4.31 Å². The van der Waals surface area contributed by atoms with Crippen molar-refractivity contribution < 1.29 is 22.8 Å². The van der Waals surface area contributed by atoms with Crippen LogP contribution >= 0.6 is 0 Å². The molecule has 1 N–H and O–H groups in total. The molecule has 0 radical (unpaired) electrons. The second-order valence-electron chi connectivity index (χ2n) is 6.07. The van der Waals surface area contributed by atoms with E-state index in [0.717, 1.165) is 11.6 Å². The van der Waals surface area contributed by atoms with Crippen LogP contribution in [-0.4, -0.2) is 45.0 Å². The zero-order valence-electron chi connectivity index (χ0n) is 16.8. The molecule has 0 aliphatic heterocycles. The van der Waals surface area contributed by atoms with Gasteiger partial charge in [-0.25, -0.2) is 8.42 Å². The normalized spacial score (nSPS) is 11.3. The first-order valence-corrected chi connectivity index (χ1v) is 10.5. The minimum atomic E-state index is -3.79. The standard InChI is InChI=1S/C19H25N3O6S/c1-5-21(6-2)29(25,26)15-8-9-16(17(12-15)22(23)24)20-13-14-7-10-18(27-3)19(11-14)28-4/h7-12,20H,5-6,13H2,1-4H3. The summed E-state index contributed by atoms with van der Waals surface area (Å²) in [5, 5.41) is 14.5. The molecule has 0 saturated carbocycles. The van der Waals surface area contributed by atoms with Crippen LogP contribution in [0.5, 0.6) is 11.5 Å². The SMILES string of the molecule is CCN(CC)S(=O)(=O)c1ccc(NCc2ccc(OC)c(OC)c2)c([N+](=O)[O-])c1. The van der Waals surface area contributed by atoms with E-state index in [1.54, 1.807) is 32.0 Å². The Kier molecular flexibility index (Phi) is 7.40. The van der Waals surface area contributed by atoms with E-state index >= 15 is 0 Å². The first-order chi connectivity index (χ1) is 13.8. The first-order valence-electron chi connectivity index (χ1n) is 9.01. The molecule has 0 aliphatic carbocycles. The lowest BCUT2D eigenvalue weighted by atomic mass is 10.2. The maximum absolute atomic E-state index is 12.6. The highest BCUT2D eigenvalue weighted by molar-refractivity contribution is 7.89. The van der Waals surface area contributed by atoms with Crippen LogP contribution < -0.4 is 14.8 Å². The Balaban J connectivity index is 2.31. The molecule has 158 valence electrons. The number of nitro benzene ring substituents is 1. The van der Waals surface area contributed by atoms with Crippen molar-refractivity contribution in [1.29, 1.82) is 0 Å². The summed E-state index contributed by atoms with van der Waals surface area (Å²) in [6.45, 7) is 4.28. The lowest BCUT2D eigenvalue weighted by Gasteiger charge is -2.18. The molecule has 0 aromatic heterocycles. The molecule has 0 aliphatic rings. The fourth-order valence-electron chi connectivity index (χ4n) is 2.87. The van der Waals surface area contributed by atoms with Crippen molar-refractivity contribution >= 4 is 21.4 Å². The zero-order chi connectivity index (χ0) is 21.6. The van der Waals surface area contributed by atoms with E-state index in [2.05, 4.69) is 5.32 Å². The van der Waals surface area contributed by atoms with Gasteiger partial charge in [-0.15, -0.1) is 0 Å². The molecule has 0 unspecified atom stereocenters. The van der Waals surface area contributed by atoms with Crippen molar-refractivity contribution in [2.75, 3.05) is 32.6 Å². The molecule has 2 aromatic carbocycles. The molecule has 29 heavy (non-hydrogen) atoms. The molecule has 0 bridgehead atoms. The number of hydrogen-bond donors (Lipinski definition) is 1. The molecule has 0 fully saturated rings. The highest BCUT2D eigenvalue weighted by Crippen LogP contribution is 2.31. The van der Waals surface area contributed by atoms with E-state index in [1.807, 2.05) is 0 Å². The minimum Gasteiger partial charge on any atom is -0.493 e. The van der Waals surface area contributed by atoms with Crippen molar-refractivity contribution in [3.8, 4) is 11.5 Å². The molecular weight excluding hydrogens is 398 g/mol. The van der Waals surface area contributed by atoms with Gasteiger partial charge < -0.3 is 14.8 Å². The molecule has 2 rings (SSSR count). The van der Waals surface area contributed by atoms with Crippen LogP contribution in [0.1, 0.15) is 19.4 Å². The van der Waals surface area contributed by atoms with Gasteiger partial charge in [0.2, 0.25) is 10.0 Å². The number of methoxy groups -OCH3 is 2. The number of rotatable bonds is 10. The summed E-state index contributed by atoms with van der Waals surface area (Å²) in [6.07, 6.45) is 0. The number of benzene rings is 2. The summed E-state index contributed by atoms with van der Waals surface area (Å²) < 4.78 is 37.0. The van der Waals surface area contributed by atoms with Crippen LogP contribution in [0.3, 0.4) is 0 Å². The largest absolute Gasteiger partial charge is 0.493 e. The number of sulfonamides is 1. The predicted octanol–water partition coefficient (Wildman–Crippen LogP) is 3.25. The molecule has 2 aromatic rings. The quantitative estimate of drug-likeness (QED) is 0.461. The van der Waals surface area contributed by atoms with Gasteiger partial charge in [0.15, 0.2) is 11.5 Å². The number of nitrogens with zero attached hydrogens (tertiary/aromatic N) is 2. The van der Waals surface area contributed by atoms with Gasteiger partial charge in [-0.2, -0.15) is 4.31 Å². The van der Waals surface area contributed by atoms with Crippen LogP contribution in [0, 0.1) is 10.1 Å². The lowest BCUT2D eigenvalue weighted by molar-refractivity contribution is -0.384. The third-order valence-electron chi connectivity index (χ3n) is 4.44. The number of nitrogens with one attached hydrogen (secondary N) is 1. The smallest absolute Gasteiger partial charge is 0.293 e. The topological polar surface area (TPSA) is 111 Å². The van der Waals surface area contributed by atoms with E-state index in [9.17, 15) is 18.5 Å². The van der Waals surface area contributed by atoms with E-state index in [1.165, 1.54) is 30.7 Å². The molecule has 0 spiro atoms. The Hall–Kier alpha value is -2.85. The summed E-state index contributed by atoms with van der Waals surface area (Å²) in [5.41, 5.74) is 0.735. The Morgan fingerprint density at radius 3 is 2.24 bits per heavy atom. The molecule has 0 atom stereocenters. The highest BCUT2D eigenvalue weighted by atomic mass is 32.2. The average Bonchev–Trinajstić information content (AvgIpc) is 2.72. The van der Waals surface area contributed by atoms with E-state index in [0.29, 0.717) is 11.5 Å². The van der Waals surface area contributed by atoms with Gasteiger partial charge in [0.25, 0.3) is 5.69 Å². The zero-order valence-corrected chi connectivity index (χ0v) is 17.7. The Labute approximate surface area is 170 Å². The Morgan fingerprint density at radius 1 is 1.03 bits per heavy atom. The average molecular weight is 423 g/mol. The van der Waals surface area contributed by atoms with E-state index in [4.69, 9.17) is 9.47 Å². The van der Waals surface area contributed by atoms with Crippen molar-refractivity contribution in [3.05, 3.63) is 52.1 Å². The summed E-state index contributed by atoms with van der Waals surface area (Å²) in [4.78, 5) is 10.8. The molecule has 0 amide bonds. The fourth-order valence-corrected chi connectivity index (χ4v) is 4.35. The van der Waals surface area contributed by atoms with Crippen molar-refractivity contribution in [3.63, 3.8) is 0 Å². The van der Waals surface area contributed by atoms with Gasteiger partial charge >= 0.3 is 0 Å². The molecule has 0 heterocycles. The van der Waals surface area contributed by atoms with Gasteiger partial charge in [-0.1, -0.05) is 19.9 Å². The number of ether oxygens (including phenoxy) is 2. The van der Waals surface area contributed by atoms with Gasteiger partial charge in [0.1, 0.15) is 5.69 Å². The minimum absolute atomic E-state index is 0.107. The Morgan fingerprint density at radius 2 is 1.69 bits per heavy atom. The lowest BCUT2D eigenvalue weighted by Crippen LogP contribution is -2.30. The fraction of sp³-hybridized carbons (Fsp3) is 0.368. The second kappa shape index (κ2) is 9.57. The van der Waals surface area contributed by atoms with E-state index < -0.39 is 14.9 Å². The highest BCUT2D eigenvalue weighted by Gasteiger charge is 2.25. The summed E-state index contributed by atoms with van der Waals surface area (Å²) in [5.74, 6) is 1.12. The van der Waals surface area contributed by atoms with E-state index in [-0.39, 0.29) is 35.9 Å². The maximum Gasteiger partial charge on any atom is 0.293 e. The number of anilines is 1. The van der Waals surface area contributed by atoms with Gasteiger partial charge in [-0.3, -0.25) is 10.1 Å². The molecule has 9 nitrogen and oxygen atoms in total. The van der Waals surface area contributed by atoms with Crippen molar-refractivity contribution in [2.24, 2.45) is 0 Å². The number of hydrogen-bond acceptors (Lipinski definition) is 7. The van der Waals surface area contributed by atoms with Crippen LogP contribution in [-0.2, 0) is 16.6 Å². The predicted molar refractivity (Wildman–Crippen MR) is 110 cm³/mol. The van der Waals surface area contributed by atoms with Gasteiger partial charge in [0.05, 0.1) is 24.0 Å². The summed E-state index contributed by atoms with van der Waals surface area (Å²) in [7, 11) is -0.730. The van der Waals surface area contributed by atoms with Crippen LogP contribution in [0.25, 0.3) is 0 Å². The molecule has 10 heteroatoms. The molecular formula is C19H25N3O6S. The summed E-state index contributed by atoms with van der Waals surface area (Å²) >= 11 is 0. The molecule has 0 saturated heterocycles. The van der Waals surface area contributed by atoms with Gasteiger partial charge in [0, 0.05) is 25.7 Å². The number of nitro groups is 1. The Bertz CT molecular complexity index is 974.